The maximum Gasteiger partial charge on any atom is 0.241 e. The van der Waals surface area contributed by atoms with Crippen molar-refractivity contribution in [3.05, 3.63) is 54.6 Å². The minimum Gasteiger partial charge on any atom is -0.497 e. The fourth-order valence-corrected chi connectivity index (χ4v) is 5.90. The number of hydrogen-bond donors (Lipinski definition) is 1. The van der Waals surface area contributed by atoms with Crippen LogP contribution in [0.5, 0.6) is 5.75 Å². The molecule has 0 aliphatic heterocycles. The second kappa shape index (κ2) is 8.20. The Balaban J connectivity index is 2.38. The van der Waals surface area contributed by atoms with E-state index in [4.69, 9.17) is 4.74 Å². The first-order valence-corrected chi connectivity index (χ1v) is 11.1. The van der Waals surface area contributed by atoms with Gasteiger partial charge in [-0.15, -0.1) is 0 Å². The molecule has 0 aromatic heterocycles. The highest BCUT2D eigenvalue weighted by molar-refractivity contribution is 7.94. The van der Waals surface area contributed by atoms with Gasteiger partial charge >= 0.3 is 0 Å². The molecular formula is C18H23NO5S2. The minimum atomic E-state index is -4.01. The predicted molar refractivity (Wildman–Crippen MR) is 100 cm³/mol. The maximum absolute atomic E-state index is 12.9. The first kappa shape index (κ1) is 20.4. The molecule has 0 spiro atoms. The molecule has 2 rings (SSSR count). The van der Waals surface area contributed by atoms with Gasteiger partial charge in [-0.3, -0.25) is 0 Å². The number of hydrogen-bond acceptors (Lipinski definition) is 5. The summed E-state index contributed by atoms with van der Waals surface area (Å²) in [6.07, 6.45) is 0.159. The van der Waals surface area contributed by atoms with Crippen molar-refractivity contribution in [1.82, 2.24) is 4.72 Å². The third-order valence-corrected chi connectivity index (χ3v) is 7.41. The highest BCUT2D eigenvalue weighted by Gasteiger charge is 2.32. The summed E-state index contributed by atoms with van der Waals surface area (Å²) in [5.74, 6) is 0.497. The van der Waals surface area contributed by atoms with Crippen LogP contribution in [0.1, 0.15) is 20.3 Å². The predicted octanol–water partition coefficient (Wildman–Crippen LogP) is 2.82. The number of sulfonamides is 1. The summed E-state index contributed by atoms with van der Waals surface area (Å²) in [7, 11) is -6.39. The molecular weight excluding hydrogens is 374 g/mol. The van der Waals surface area contributed by atoms with Crippen molar-refractivity contribution in [2.45, 2.75) is 35.4 Å². The second-order valence-electron chi connectivity index (χ2n) is 6.27. The molecule has 0 fully saturated rings. The van der Waals surface area contributed by atoms with Crippen molar-refractivity contribution in [3.8, 4) is 5.75 Å². The summed E-state index contributed by atoms with van der Waals surface area (Å²) in [4.78, 5) is 0.0680. The lowest BCUT2D eigenvalue weighted by atomic mass is 10.1. The van der Waals surface area contributed by atoms with Crippen LogP contribution in [0.15, 0.2) is 64.4 Å². The zero-order valence-electron chi connectivity index (χ0n) is 14.9. The quantitative estimate of drug-likeness (QED) is 0.740. The van der Waals surface area contributed by atoms with Crippen LogP contribution in [0.3, 0.4) is 0 Å². The SMILES string of the molecule is COc1ccc(S(=O)(=O)NC(CC(C)C)S(=O)(=O)c2ccccc2)cc1. The van der Waals surface area contributed by atoms with E-state index in [2.05, 4.69) is 4.72 Å². The monoisotopic (exact) mass is 397 g/mol. The summed E-state index contributed by atoms with van der Waals surface area (Å²) in [6.45, 7) is 3.68. The number of nitrogens with one attached hydrogen (secondary N) is 1. The Bertz CT molecular complexity index is 921. The average Bonchev–Trinajstić information content (AvgIpc) is 2.61. The third-order valence-electron chi connectivity index (χ3n) is 3.79. The molecule has 1 N–H and O–H groups in total. The minimum absolute atomic E-state index is 0.0166. The van der Waals surface area contributed by atoms with E-state index >= 15 is 0 Å². The molecule has 0 amide bonds. The van der Waals surface area contributed by atoms with Crippen molar-refractivity contribution < 1.29 is 21.6 Å². The molecule has 1 unspecified atom stereocenters. The molecule has 0 aliphatic rings. The molecule has 0 radical (unpaired) electrons. The molecule has 0 saturated carbocycles. The molecule has 0 saturated heterocycles. The van der Waals surface area contributed by atoms with Crippen molar-refractivity contribution in [2.24, 2.45) is 5.92 Å². The lowest BCUT2D eigenvalue weighted by Crippen LogP contribution is -2.41. The van der Waals surface area contributed by atoms with E-state index < -0.39 is 25.2 Å². The van der Waals surface area contributed by atoms with Gasteiger partial charge in [-0.05, 0) is 48.7 Å². The highest BCUT2D eigenvalue weighted by Crippen LogP contribution is 2.22. The number of methoxy groups -OCH3 is 1. The maximum atomic E-state index is 12.9. The lowest BCUT2D eigenvalue weighted by Gasteiger charge is -2.21. The molecule has 0 heterocycles. The first-order chi connectivity index (χ1) is 12.2. The number of ether oxygens (including phenoxy) is 1. The average molecular weight is 398 g/mol. The van der Waals surface area contributed by atoms with Crippen LogP contribution in [-0.2, 0) is 19.9 Å². The third kappa shape index (κ3) is 4.84. The fraction of sp³-hybridized carbons (Fsp3) is 0.333. The van der Waals surface area contributed by atoms with Gasteiger partial charge in [0.15, 0.2) is 9.84 Å². The van der Waals surface area contributed by atoms with Crippen LogP contribution in [0.4, 0.5) is 0 Å². The Labute approximate surface area is 155 Å². The van der Waals surface area contributed by atoms with Gasteiger partial charge in [0.05, 0.1) is 16.9 Å². The molecule has 6 nitrogen and oxygen atoms in total. The normalized spacial score (nSPS) is 13.5. The van der Waals surface area contributed by atoms with E-state index in [1.807, 2.05) is 13.8 Å². The topological polar surface area (TPSA) is 89.5 Å². The van der Waals surface area contributed by atoms with Gasteiger partial charge in [-0.2, -0.15) is 4.72 Å². The molecule has 8 heteroatoms. The Morgan fingerprint density at radius 3 is 1.96 bits per heavy atom. The molecule has 2 aromatic rings. The Hall–Kier alpha value is -1.90. The summed E-state index contributed by atoms with van der Waals surface area (Å²) < 4.78 is 58.6. The smallest absolute Gasteiger partial charge is 0.241 e. The van der Waals surface area contributed by atoms with Crippen LogP contribution in [-0.4, -0.2) is 29.3 Å². The molecule has 26 heavy (non-hydrogen) atoms. The van der Waals surface area contributed by atoms with E-state index in [-0.39, 0.29) is 22.1 Å². The van der Waals surface area contributed by atoms with Gasteiger partial charge in [0.2, 0.25) is 10.0 Å². The van der Waals surface area contributed by atoms with Crippen LogP contribution < -0.4 is 9.46 Å². The number of sulfone groups is 1. The highest BCUT2D eigenvalue weighted by atomic mass is 32.2. The van der Waals surface area contributed by atoms with E-state index in [0.717, 1.165) is 0 Å². The summed E-state index contributed by atoms with van der Waals surface area (Å²) in [5.41, 5.74) is 0. The molecule has 142 valence electrons. The Morgan fingerprint density at radius 1 is 0.885 bits per heavy atom. The van der Waals surface area contributed by atoms with Gasteiger partial charge in [-0.25, -0.2) is 16.8 Å². The number of rotatable bonds is 8. The van der Waals surface area contributed by atoms with E-state index in [1.54, 1.807) is 18.2 Å². The van der Waals surface area contributed by atoms with Gasteiger partial charge < -0.3 is 4.74 Å². The van der Waals surface area contributed by atoms with Crippen LogP contribution in [0.25, 0.3) is 0 Å². The Kier molecular flexibility index (Phi) is 6.44. The van der Waals surface area contributed by atoms with Gasteiger partial charge in [0.1, 0.15) is 11.1 Å². The number of benzene rings is 2. The lowest BCUT2D eigenvalue weighted by molar-refractivity contribution is 0.414. The van der Waals surface area contributed by atoms with Crippen molar-refractivity contribution in [1.29, 1.82) is 0 Å². The molecule has 2 aromatic carbocycles. The Morgan fingerprint density at radius 2 is 1.46 bits per heavy atom. The molecule has 0 aliphatic carbocycles. The van der Waals surface area contributed by atoms with E-state index in [0.29, 0.717) is 5.75 Å². The summed E-state index contributed by atoms with van der Waals surface area (Å²) in [5, 5.41) is -1.25. The summed E-state index contributed by atoms with van der Waals surface area (Å²) >= 11 is 0. The fourth-order valence-electron chi connectivity index (χ4n) is 2.44. The van der Waals surface area contributed by atoms with Crippen LogP contribution in [0, 0.1) is 5.92 Å². The van der Waals surface area contributed by atoms with Crippen molar-refractivity contribution >= 4 is 19.9 Å². The van der Waals surface area contributed by atoms with Crippen LogP contribution in [0.2, 0.25) is 0 Å². The first-order valence-electron chi connectivity index (χ1n) is 8.12. The largest absolute Gasteiger partial charge is 0.497 e. The zero-order chi connectivity index (χ0) is 19.4. The standard InChI is InChI=1S/C18H23NO5S2/c1-14(2)13-18(25(20,21)16-7-5-4-6-8-16)19-26(22,23)17-11-9-15(24-3)10-12-17/h4-12,14,18-19H,13H2,1-3H3. The second-order valence-corrected chi connectivity index (χ2v) is 10.1. The van der Waals surface area contributed by atoms with Crippen LogP contribution >= 0.6 is 0 Å². The zero-order valence-corrected chi connectivity index (χ0v) is 16.5. The molecule has 0 bridgehead atoms. The van der Waals surface area contributed by atoms with Gasteiger partial charge in [0, 0.05) is 0 Å². The van der Waals surface area contributed by atoms with Crippen molar-refractivity contribution in [2.75, 3.05) is 7.11 Å². The van der Waals surface area contributed by atoms with Gasteiger partial charge in [-0.1, -0.05) is 32.0 Å². The van der Waals surface area contributed by atoms with E-state index in [1.165, 1.54) is 43.5 Å². The summed E-state index contributed by atoms with van der Waals surface area (Å²) in [6, 6.07) is 13.6. The van der Waals surface area contributed by atoms with Crippen molar-refractivity contribution in [3.63, 3.8) is 0 Å². The molecule has 1 atom stereocenters. The van der Waals surface area contributed by atoms with E-state index in [9.17, 15) is 16.8 Å². The van der Waals surface area contributed by atoms with Gasteiger partial charge in [0.25, 0.3) is 0 Å².